The second-order valence-electron chi connectivity index (χ2n) is 7.19. The number of piperidine rings is 1. The molecular formula is C18H26N6O. The number of H-pyrrole nitrogens is 1. The summed E-state index contributed by atoms with van der Waals surface area (Å²) in [7, 11) is 2.06. The number of hydrogen-bond acceptors (Lipinski definition) is 4. The molecule has 2 aromatic heterocycles. The molecule has 1 N–H and O–H groups in total. The van der Waals surface area contributed by atoms with Gasteiger partial charge in [0.15, 0.2) is 0 Å². The molecule has 25 heavy (non-hydrogen) atoms. The number of nitrogens with zero attached hydrogens (tertiary/aromatic N) is 5. The maximum atomic E-state index is 12.6. The standard InChI is InChI=1S/C18H26N6O/c1-22-16(13-23-9-2-3-10-23)20-21-17(22)14-6-5-11-24(12-14)18(25)15-7-4-8-19-15/h4,7-8,14,19H,2-3,5-6,9-13H2,1H3/t14-/m1/s1. The van der Waals surface area contributed by atoms with Gasteiger partial charge < -0.3 is 14.5 Å². The van der Waals surface area contributed by atoms with Crippen LogP contribution in [0, 0.1) is 0 Å². The van der Waals surface area contributed by atoms with Crippen molar-refractivity contribution in [2.75, 3.05) is 26.2 Å². The molecule has 0 bridgehead atoms. The maximum absolute atomic E-state index is 12.6. The van der Waals surface area contributed by atoms with Crippen LogP contribution in [0.15, 0.2) is 18.3 Å². The lowest BCUT2D eigenvalue weighted by Gasteiger charge is -2.32. The zero-order valence-corrected chi connectivity index (χ0v) is 14.8. The van der Waals surface area contributed by atoms with Crippen LogP contribution in [0.4, 0.5) is 0 Å². The first-order chi connectivity index (χ1) is 12.2. The summed E-state index contributed by atoms with van der Waals surface area (Å²) in [5.41, 5.74) is 0.660. The van der Waals surface area contributed by atoms with Gasteiger partial charge in [-0.25, -0.2) is 0 Å². The topological polar surface area (TPSA) is 70.1 Å². The van der Waals surface area contributed by atoms with Crippen molar-refractivity contribution in [3.05, 3.63) is 35.7 Å². The third-order valence-corrected chi connectivity index (χ3v) is 5.46. The van der Waals surface area contributed by atoms with Gasteiger partial charge in [-0.3, -0.25) is 9.69 Å². The number of carbonyl (C=O) groups excluding carboxylic acids is 1. The summed E-state index contributed by atoms with van der Waals surface area (Å²) in [6.07, 6.45) is 6.42. The molecule has 2 fully saturated rings. The van der Waals surface area contributed by atoms with E-state index in [1.165, 1.54) is 12.8 Å². The Morgan fingerprint density at radius 3 is 2.84 bits per heavy atom. The van der Waals surface area contributed by atoms with Gasteiger partial charge in [-0.05, 0) is 50.9 Å². The number of amides is 1. The van der Waals surface area contributed by atoms with Crippen LogP contribution >= 0.6 is 0 Å². The highest BCUT2D eigenvalue weighted by Gasteiger charge is 2.29. The Morgan fingerprint density at radius 2 is 2.08 bits per heavy atom. The van der Waals surface area contributed by atoms with E-state index in [1.54, 1.807) is 6.20 Å². The van der Waals surface area contributed by atoms with E-state index in [0.717, 1.165) is 50.7 Å². The number of nitrogens with one attached hydrogen (secondary N) is 1. The number of likely N-dealkylation sites (tertiary alicyclic amines) is 2. The molecule has 7 heteroatoms. The molecule has 2 aliphatic heterocycles. The van der Waals surface area contributed by atoms with Crippen molar-refractivity contribution in [3.63, 3.8) is 0 Å². The Morgan fingerprint density at radius 1 is 1.24 bits per heavy atom. The van der Waals surface area contributed by atoms with Gasteiger partial charge >= 0.3 is 0 Å². The molecule has 0 radical (unpaired) electrons. The second kappa shape index (κ2) is 7.00. The first-order valence-electron chi connectivity index (χ1n) is 9.25. The SMILES string of the molecule is Cn1c(CN2CCCC2)nnc1[C@@H]1CCCN(C(=O)c2ccc[nH]2)C1. The van der Waals surface area contributed by atoms with E-state index in [1.807, 2.05) is 17.0 Å². The quantitative estimate of drug-likeness (QED) is 0.919. The van der Waals surface area contributed by atoms with Crippen molar-refractivity contribution in [2.45, 2.75) is 38.1 Å². The van der Waals surface area contributed by atoms with Gasteiger partial charge in [0.25, 0.3) is 5.91 Å². The normalized spacial score (nSPS) is 21.8. The fraction of sp³-hybridized carbons (Fsp3) is 0.611. The number of aromatic nitrogens is 4. The van der Waals surface area contributed by atoms with Gasteiger partial charge in [0, 0.05) is 32.3 Å². The molecule has 4 heterocycles. The summed E-state index contributed by atoms with van der Waals surface area (Å²) in [5, 5.41) is 8.91. The summed E-state index contributed by atoms with van der Waals surface area (Å²) in [4.78, 5) is 20.0. The van der Waals surface area contributed by atoms with E-state index < -0.39 is 0 Å². The molecule has 4 rings (SSSR count). The van der Waals surface area contributed by atoms with Gasteiger partial charge in [0.2, 0.25) is 0 Å². The van der Waals surface area contributed by atoms with E-state index in [0.29, 0.717) is 12.2 Å². The molecule has 1 amide bonds. The molecule has 0 spiro atoms. The Labute approximate surface area is 148 Å². The Balaban J connectivity index is 1.46. The fourth-order valence-electron chi connectivity index (χ4n) is 4.02. The Hall–Kier alpha value is -2.15. The smallest absolute Gasteiger partial charge is 0.270 e. The number of aromatic amines is 1. The zero-order valence-electron chi connectivity index (χ0n) is 14.8. The van der Waals surface area contributed by atoms with Crippen LogP contribution in [0.2, 0.25) is 0 Å². The highest BCUT2D eigenvalue weighted by molar-refractivity contribution is 5.92. The summed E-state index contributed by atoms with van der Waals surface area (Å²) < 4.78 is 2.14. The average Bonchev–Trinajstić information content (AvgIpc) is 3.38. The summed E-state index contributed by atoms with van der Waals surface area (Å²) >= 11 is 0. The van der Waals surface area contributed by atoms with Crippen LogP contribution in [-0.4, -0.2) is 61.6 Å². The van der Waals surface area contributed by atoms with Crippen molar-refractivity contribution in [1.82, 2.24) is 29.5 Å². The van der Waals surface area contributed by atoms with Crippen molar-refractivity contribution in [3.8, 4) is 0 Å². The lowest BCUT2D eigenvalue weighted by Crippen LogP contribution is -2.39. The molecule has 2 saturated heterocycles. The van der Waals surface area contributed by atoms with Crippen molar-refractivity contribution >= 4 is 5.91 Å². The van der Waals surface area contributed by atoms with Crippen LogP contribution in [0.5, 0.6) is 0 Å². The lowest BCUT2D eigenvalue weighted by molar-refractivity contribution is 0.0698. The summed E-state index contributed by atoms with van der Waals surface area (Å²) in [6.45, 7) is 4.72. The van der Waals surface area contributed by atoms with Crippen LogP contribution in [0.25, 0.3) is 0 Å². The zero-order chi connectivity index (χ0) is 17.2. The minimum absolute atomic E-state index is 0.0779. The van der Waals surface area contributed by atoms with E-state index in [2.05, 4.69) is 31.7 Å². The molecule has 0 saturated carbocycles. The molecule has 134 valence electrons. The minimum Gasteiger partial charge on any atom is -0.357 e. The predicted molar refractivity (Wildman–Crippen MR) is 94.2 cm³/mol. The molecular weight excluding hydrogens is 316 g/mol. The summed E-state index contributed by atoms with van der Waals surface area (Å²) in [5.74, 6) is 2.38. The van der Waals surface area contributed by atoms with Crippen molar-refractivity contribution in [1.29, 1.82) is 0 Å². The van der Waals surface area contributed by atoms with E-state index in [9.17, 15) is 4.79 Å². The fourth-order valence-corrected chi connectivity index (χ4v) is 4.02. The lowest BCUT2D eigenvalue weighted by atomic mass is 9.97. The molecule has 0 aromatic carbocycles. The van der Waals surface area contributed by atoms with Crippen LogP contribution in [0.1, 0.15) is 53.7 Å². The molecule has 2 aromatic rings. The van der Waals surface area contributed by atoms with Gasteiger partial charge in [-0.2, -0.15) is 0 Å². The number of carbonyl (C=O) groups is 1. The monoisotopic (exact) mass is 342 g/mol. The van der Waals surface area contributed by atoms with Crippen molar-refractivity contribution < 1.29 is 4.79 Å². The highest BCUT2D eigenvalue weighted by Crippen LogP contribution is 2.27. The van der Waals surface area contributed by atoms with Crippen molar-refractivity contribution in [2.24, 2.45) is 7.05 Å². The third kappa shape index (κ3) is 3.33. The van der Waals surface area contributed by atoms with Gasteiger partial charge in [0.1, 0.15) is 17.3 Å². The van der Waals surface area contributed by atoms with Gasteiger partial charge in [0.05, 0.1) is 6.54 Å². The molecule has 0 unspecified atom stereocenters. The van der Waals surface area contributed by atoms with E-state index >= 15 is 0 Å². The Bertz CT molecular complexity index is 716. The maximum Gasteiger partial charge on any atom is 0.270 e. The Kier molecular flexibility index (Phi) is 4.57. The molecule has 0 aliphatic carbocycles. The predicted octanol–water partition coefficient (Wildman–Crippen LogP) is 1.76. The molecule has 2 aliphatic rings. The van der Waals surface area contributed by atoms with Gasteiger partial charge in [-0.1, -0.05) is 0 Å². The molecule has 1 atom stereocenters. The first kappa shape index (κ1) is 16.3. The van der Waals surface area contributed by atoms with E-state index in [-0.39, 0.29) is 11.8 Å². The average molecular weight is 342 g/mol. The first-order valence-corrected chi connectivity index (χ1v) is 9.25. The van der Waals surface area contributed by atoms with Crippen LogP contribution in [-0.2, 0) is 13.6 Å². The third-order valence-electron chi connectivity index (χ3n) is 5.46. The largest absolute Gasteiger partial charge is 0.357 e. The van der Waals surface area contributed by atoms with E-state index in [4.69, 9.17) is 0 Å². The number of rotatable bonds is 4. The highest BCUT2D eigenvalue weighted by atomic mass is 16.2. The minimum atomic E-state index is 0.0779. The number of hydrogen-bond donors (Lipinski definition) is 1. The second-order valence-corrected chi connectivity index (χ2v) is 7.19. The van der Waals surface area contributed by atoms with Crippen LogP contribution < -0.4 is 0 Å². The van der Waals surface area contributed by atoms with Gasteiger partial charge in [-0.15, -0.1) is 10.2 Å². The molecule has 7 nitrogen and oxygen atoms in total. The summed E-state index contributed by atoms with van der Waals surface area (Å²) in [6, 6.07) is 3.70. The van der Waals surface area contributed by atoms with Crippen LogP contribution in [0.3, 0.4) is 0 Å².